The molecule has 2 aliphatic rings. The lowest BCUT2D eigenvalue weighted by Crippen LogP contribution is -2.51. The average molecular weight is 540 g/mol. The zero-order valence-corrected chi connectivity index (χ0v) is 18.6. The van der Waals surface area contributed by atoms with Crippen LogP contribution in [0.2, 0.25) is 0 Å². The molecule has 0 radical (unpaired) electrons. The Hall–Kier alpha value is -2.37. The minimum Gasteiger partial charge on any atom is -0.341 e. The van der Waals surface area contributed by atoms with E-state index in [9.17, 15) is 35.5 Å². The van der Waals surface area contributed by atoms with Gasteiger partial charge in [-0.1, -0.05) is 15.9 Å². The van der Waals surface area contributed by atoms with E-state index in [1.807, 2.05) is 0 Å². The molecule has 4 nitrogen and oxygen atoms in total. The predicted octanol–water partition coefficient (Wildman–Crippen LogP) is 6.04. The van der Waals surface area contributed by atoms with Gasteiger partial charge >= 0.3 is 12.4 Å². The van der Waals surface area contributed by atoms with Crippen molar-refractivity contribution >= 4 is 33.3 Å². The number of hydrogen-bond donors (Lipinski definition) is 0. The van der Waals surface area contributed by atoms with Crippen LogP contribution in [0.3, 0.4) is 0 Å². The molecule has 33 heavy (non-hydrogen) atoms. The van der Waals surface area contributed by atoms with Crippen LogP contribution in [0.25, 0.3) is 0 Å². The quantitative estimate of drug-likeness (QED) is 0.446. The van der Waals surface area contributed by atoms with Crippen molar-refractivity contribution in [1.29, 1.82) is 0 Å². The molecule has 2 fully saturated rings. The molecule has 1 aromatic heterocycles. The third-order valence-electron chi connectivity index (χ3n) is 6.13. The van der Waals surface area contributed by atoms with Crippen molar-refractivity contribution in [2.75, 3.05) is 16.8 Å². The first kappa shape index (κ1) is 23.8. The standard InChI is InChI=1S/C21H17BrF7N3O/c1-31(15-5-3-12(22)9-14(15)23)19(33)18-10-2-4-13(6-10)32(18)17-8-11(20(24,25)26)7-16(30-17)21(27,28)29/h3,5,7-10,13,18H,2,4,6H2,1H3/t10-,13+,18-/m0/s1. The third kappa shape index (κ3) is 4.41. The van der Waals surface area contributed by atoms with Crippen LogP contribution in [0.5, 0.6) is 0 Å². The molecule has 4 rings (SSSR count). The number of rotatable bonds is 3. The number of halogens is 8. The Morgan fingerprint density at radius 3 is 2.39 bits per heavy atom. The summed E-state index contributed by atoms with van der Waals surface area (Å²) in [5.41, 5.74) is -3.24. The monoisotopic (exact) mass is 539 g/mol. The van der Waals surface area contributed by atoms with E-state index in [1.165, 1.54) is 24.1 Å². The Labute approximate surface area is 192 Å². The SMILES string of the molecule is CN(C(=O)[C@@H]1[C@H]2CC[C@H](C2)N1c1cc(C(F)(F)F)cc(C(F)(F)F)n1)c1ccc(Br)cc1F. The summed E-state index contributed by atoms with van der Waals surface area (Å²) < 4.78 is 94.9. The first-order valence-corrected chi connectivity index (χ1v) is 10.7. The summed E-state index contributed by atoms with van der Waals surface area (Å²) in [5.74, 6) is -2.19. The Morgan fingerprint density at radius 1 is 1.09 bits per heavy atom. The molecule has 0 N–H and O–H groups in total. The average Bonchev–Trinajstić information content (AvgIpc) is 3.33. The summed E-state index contributed by atoms with van der Waals surface area (Å²) in [5, 5.41) is 0. The lowest BCUT2D eigenvalue weighted by Gasteiger charge is -2.37. The molecular weight excluding hydrogens is 523 g/mol. The lowest BCUT2D eigenvalue weighted by molar-refractivity contribution is -0.145. The van der Waals surface area contributed by atoms with Crippen LogP contribution in [0.1, 0.15) is 30.5 Å². The van der Waals surface area contributed by atoms with Crippen LogP contribution in [0, 0.1) is 11.7 Å². The first-order chi connectivity index (χ1) is 15.3. The maximum atomic E-state index is 14.4. The first-order valence-electron chi connectivity index (χ1n) is 9.95. The number of hydrogen-bond acceptors (Lipinski definition) is 3. The van der Waals surface area contributed by atoms with Crippen LogP contribution in [0.4, 0.5) is 42.2 Å². The number of aromatic nitrogens is 1. The van der Waals surface area contributed by atoms with Gasteiger partial charge in [-0.25, -0.2) is 9.37 Å². The van der Waals surface area contributed by atoms with Gasteiger partial charge in [0.25, 0.3) is 0 Å². The highest BCUT2D eigenvalue weighted by Crippen LogP contribution is 2.47. The number of piperidine rings is 1. The molecule has 2 aromatic rings. The topological polar surface area (TPSA) is 36.4 Å². The van der Waals surface area contributed by atoms with E-state index in [0.29, 0.717) is 29.8 Å². The van der Waals surface area contributed by atoms with Crippen LogP contribution < -0.4 is 9.80 Å². The van der Waals surface area contributed by atoms with Gasteiger partial charge in [-0.15, -0.1) is 0 Å². The summed E-state index contributed by atoms with van der Waals surface area (Å²) in [6, 6.07) is 3.03. The smallest absolute Gasteiger partial charge is 0.341 e. The molecule has 1 saturated carbocycles. The van der Waals surface area contributed by atoms with Gasteiger partial charge < -0.3 is 9.80 Å². The van der Waals surface area contributed by atoms with Crippen molar-refractivity contribution < 1.29 is 35.5 Å². The molecule has 1 aromatic carbocycles. The summed E-state index contributed by atoms with van der Waals surface area (Å²) in [4.78, 5) is 19.1. The largest absolute Gasteiger partial charge is 0.433 e. The van der Waals surface area contributed by atoms with Crippen molar-refractivity contribution in [3.05, 3.63) is 51.9 Å². The number of pyridine rings is 1. The molecule has 2 bridgehead atoms. The highest BCUT2D eigenvalue weighted by molar-refractivity contribution is 9.10. The highest BCUT2D eigenvalue weighted by Gasteiger charge is 2.51. The van der Waals surface area contributed by atoms with E-state index < -0.39 is 53.2 Å². The number of likely N-dealkylation sites (N-methyl/N-ethyl adjacent to an activating group) is 1. The van der Waals surface area contributed by atoms with Crippen LogP contribution >= 0.6 is 15.9 Å². The van der Waals surface area contributed by atoms with Crippen molar-refractivity contribution in [3.8, 4) is 0 Å². The number of benzene rings is 1. The molecule has 178 valence electrons. The normalized spacial score (nSPS) is 22.7. The fourth-order valence-corrected chi connectivity index (χ4v) is 5.00. The van der Waals surface area contributed by atoms with Gasteiger partial charge in [0, 0.05) is 17.6 Å². The maximum absolute atomic E-state index is 14.4. The van der Waals surface area contributed by atoms with Gasteiger partial charge in [0.1, 0.15) is 23.4 Å². The number of nitrogens with zero attached hydrogens (tertiary/aromatic N) is 3. The molecule has 0 unspecified atom stereocenters. The molecule has 1 saturated heterocycles. The van der Waals surface area contributed by atoms with Gasteiger partial charge in [0.15, 0.2) is 0 Å². The fraction of sp³-hybridized carbons (Fsp3) is 0.429. The van der Waals surface area contributed by atoms with E-state index in [-0.39, 0.29) is 17.7 Å². The van der Waals surface area contributed by atoms with Crippen molar-refractivity contribution in [2.45, 2.75) is 43.7 Å². The van der Waals surface area contributed by atoms with E-state index >= 15 is 0 Å². The highest BCUT2D eigenvalue weighted by atomic mass is 79.9. The van der Waals surface area contributed by atoms with Crippen LogP contribution in [0.15, 0.2) is 34.8 Å². The number of fused-ring (bicyclic) bond motifs is 2. The number of carbonyl (C=O) groups is 1. The molecule has 1 amide bonds. The van der Waals surface area contributed by atoms with Crippen molar-refractivity contribution in [1.82, 2.24) is 4.98 Å². The van der Waals surface area contributed by atoms with Gasteiger partial charge in [-0.3, -0.25) is 4.79 Å². The molecular formula is C21H17BrF7N3O. The molecule has 1 aliphatic carbocycles. The predicted molar refractivity (Wildman–Crippen MR) is 109 cm³/mol. The molecule has 2 heterocycles. The minimum atomic E-state index is -5.11. The second-order valence-electron chi connectivity index (χ2n) is 8.17. The summed E-state index contributed by atoms with van der Waals surface area (Å²) in [7, 11) is 1.32. The van der Waals surface area contributed by atoms with Crippen molar-refractivity contribution in [3.63, 3.8) is 0 Å². The Morgan fingerprint density at radius 2 is 1.79 bits per heavy atom. The summed E-state index contributed by atoms with van der Waals surface area (Å²) in [6.07, 6.45) is -8.63. The number of amides is 1. The third-order valence-corrected chi connectivity index (χ3v) is 6.63. The van der Waals surface area contributed by atoms with E-state index in [2.05, 4.69) is 20.9 Å². The fourth-order valence-electron chi connectivity index (χ4n) is 4.66. The van der Waals surface area contributed by atoms with E-state index in [1.54, 1.807) is 0 Å². The second kappa shape index (κ2) is 8.14. The maximum Gasteiger partial charge on any atom is 0.433 e. The number of alkyl halides is 6. The van der Waals surface area contributed by atoms with Gasteiger partial charge in [-0.05, 0) is 55.5 Å². The molecule has 1 aliphatic heterocycles. The summed E-state index contributed by atoms with van der Waals surface area (Å²) in [6.45, 7) is 0. The van der Waals surface area contributed by atoms with Crippen molar-refractivity contribution in [2.24, 2.45) is 5.92 Å². The molecule has 3 atom stereocenters. The Kier molecular flexibility index (Phi) is 5.86. The van der Waals surface area contributed by atoms with E-state index in [4.69, 9.17) is 0 Å². The van der Waals surface area contributed by atoms with Crippen LogP contribution in [-0.2, 0) is 17.1 Å². The summed E-state index contributed by atoms with van der Waals surface area (Å²) >= 11 is 3.12. The zero-order valence-electron chi connectivity index (χ0n) is 17.0. The van der Waals surface area contributed by atoms with E-state index in [0.717, 1.165) is 11.0 Å². The van der Waals surface area contributed by atoms with Gasteiger partial charge in [0.2, 0.25) is 5.91 Å². The molecule has 12 heteroatoms. The molecule has 0 spiro atoms. The Balaban J connectivity index is 1.76. The number of carbonyl (C=O) groups excluding carboxylic acids is 1. The minimum absolute atomic E-state index is 0.0437. The second-order valence-corrected chi connectivity index (χ2v) is 9.08. The van der Waals surface area contributed by atoms with Crippen LogP contribution in [-0.4, -0.2) is 30.0 Å². The number of anilines is 2. The zero-order chi connectivity index (χ0) is 24.3. The lowest BCUT2D eigenvalue weighted by atomic mass is 9.97. The Bertz CT molecular complexity index is 1060. The van der Waals surface area contributed by atoms with Gasteiger partial charge in [-0.2, -0.15) is 26.3 Å². The van der Waals surface area contributed by atoms with Gasteiger partial charge in [0.05, 0.1) is 11.3 Å².